The van der Waals surface area contributed by atoms with Gasteiger partial charge in [-0.15, -0.1) is 6.58 Å². The van der Waals surface area contributed by atoms with Crippen molar-refractivity contribution in [2.75, 3.05) is 13.2 Å². The molecule has 3 unspecified atom stereocenters. The number of ether oxygens (including phenoxy) is 3. The minimum atomic E-state index is -1.17. The van der Waals surface area contributed by atoms with Crippen molar-refractivity contribution in [3.63, 3.8) is 0 Å². The molecule has 1 heterocycles. The summed E-state index contributed by atoms with van der Waals surface area (Å²) in [5, 5.41) is 32.4. The highest BCUT2D eigenvalue weighted by Gasteiger charge is 2.53. The van der Waals surface area contributed by atoms with Gasteiger partial charge in [-0.3, -0.25) is 0 Å². The Morgan fingerprint density at radius 3 is 2.11 bits per heavy atom. The topological polar surface area (TPSA) is 88.4 Å². The van der Waals surface area contributed by atoms with Crippen LogP contribution in [0.15, 0.2) is 12.7 Å². The highest BCUT2D eigenvalue weighted by Crippen LogP contribution is 2.38. The van der Waals surface area contributed by atoms with E-state index in [0.717, 1.165) is 38.5 Å². The van der Waals surface area contributed by atoms with Crippen LogP contribution in [0.25, 0.3) is 0 Å². The van der Waals surface area contributed by atoms with E-state index in [-0.39, 0.29) is 12.7 Å². The first-order valence-corrected chi connectivity index (χ1v) is 14.5. The third kappa shape index (κ3) is 10.4. The summed E-state index contributed by atoms with van der Waals surface area (Å²) in [4.78, 5) is 0. The molecule has 0 bridgehead atoms. The fourth-order valence-corrected chi connectivity index (χ4v) is 5.36. The van der Waals surface area contributed by atoms with Gasteiger partial charge in [-0.05, 0) is 32.1 Å². The van der Waals surface area contributed by atoms with E-state index in [1.54, 1.807) is 6.08 Å². The van der Waals surface area contributed by atoms with E-state index in [9.17, 15) is 15.3 Å². The Balaban J connectivity index is 2.86. The van der Waals surface area contributed by atoms with Gasteiger partial charge in [0.15, 0.2) is 0 Å². The van der Waals surface area contributed by atoms with Gasteiger partial charge in [0, 0.05) is 6.61 Å². The number of hydrogen-bond acceptors (Lipinski definition) is 6. The van der Waals surface area contributed by atoms with Crippen molar-refractivity contribution in [1.29, 1.82) is 0 Å². The van der Waals surface area contributed by atoms with E-state index in [0.29, 0.717) is 19.4 Å². The van der Waals surface area contributed by atoms with E-state index in [1.807, 2.05) is 6.92 Å². The maximum atomic E-state index is 11.2. The van der Waals surface area contributed by atoms with Crippen LogP contribution in [0.3, 0.4) is 0 Å². The third-order valence-electron chi connectivity index (χ3n) is 7.35. The molecule has 0 aromatic rings. The van der Waals surface area contributed by atoms with Crippen LogP contribution in [-0.2, 0) is 14.2 Å². The molecule has 0 spiro atoms. The minimum absolute atomic E-state index is 0.0483. The summed E-state index contributed by atoms with van der Waals surface area (Å²) in [6.45, 7) is 12.7. The lowest BCUT2D eigenvalue weighted by molar-refractivity contribution is -0.292. The summed E-state index contributed by atoms with van der Waals surface area (Å²) in [5.41, 5.74) is -0.802. The second kappa shape index (κ2) is 18.7. The first-order valence-electron chi connectivity index (χ1n) is 14.5. The van der Waals surface area contributed by atoms with Crippen LogP contribution in [0, 0.1) is 0 Å². The molecule has 1 aliphatic rings. The van der Waals surface area contributed by atoms with E-state index < -0.39 is 36.1 Å². The molecule has 208 valence electrons. The van der Waals surface area contributed by atoms with Gasteiger partial charge in [0.1, 0.15) is 36.1 Å². The van der Waals surface area contributed by atoms with E-state index in [4.69, 9.17) is 14.2 Å². The Morgan fingerprint density at radius 1 is 0.914 bits per heavy atom. The minimum Gasteiger partial charge on any atom is -0.394 e. The average Bonchev–Trinajstić information content (AvgIpc) is 2.85. The van der Waals surface area contributed by atoms with Crippen molar-refractivity contribution < 1.29 is 29.5 Å². The van der Waals surface area contributed by atoms with Crippen molar-refractivity contribution in [2.24, 2.45) is 0 Å². The van der Waals surface area contributed by atoms with Crippen LogP contribution >= 0.6 is 0 Å². The van der Waals surface area contributed by atoms with Crippen LogP contribution in [0.2, 0.25) is 0 Å². The molecule has 35 heavy (non-hydrogen) atoms. The van der Waals surface area contributed by atoms with E-state index >= 15 is 0 Å². The number of hydrogen-bond donors (Lipinski definition) is 3. The Hall–Kier alpha value is -0.500. The maximum Gasteiger partial charge on any atom is 0.116 e. The Labute approximate surface area is 215 Å². The average molecular weight is 501 g/mol. The normalized spacial score (nSPS) is 27.5. The first-order chi connectivity index (χ1) is 16.9. The number of aliphatic hydroxyl groups is 3. The van der Waals surface area contributed by atoms with Crippen molar-refractivity contribution in [3.05, 3.63) is 12.7 Å². The highest BCUT2D eigenvalue weighted by atomic mass is 16.6. The highest BCUT2D eigenvalue weighted by molar-refractivity contribution is 5.05. The molecule has 7 atom stereocenters. The molecule has 0 radical (unpaired) electrons. The Bertz CT molecular complexity index is 527. The number of unbranched alkanes of at least 4 members (excludes halogenated alkanes) is 7. The van der Waals surface area contributed by atoms with E-state index in [1.165, 1.54) is 38.5 Å². The molecule has 1 fully saturated rings. The molecule has 0 aliphatic carbocycles. The standard InChI is InChI=1S/C29H56O6/c1-6-11-12-13-14-15-16-17-21-33-29(19-8-3,20-9-4)28-26(32)25(31)27(24(22-30)35-28)34-23(10-5)18-7-2/h8,23-28,30-32H,3,6-7,9-22H2,1-2,4-5H3/t23?,24-,25-,26-,27-,28?,29?/m1/s1. The first kappa shape index (κ1) is 32.5. The van der Waals surface area contributed by atoms with Gasteiger partial charge >= 0.3 is 0 Å². The van der Waals surface area contributed by atoms with Crippen LogP contribution in [0.1, 0.15) is 118 Å². The molecule has 0 amide bonds. The zero-order valence-corrected chi connectivity index (χ0v) is 23.1. The van der Waals surface area contributed by atoms with Crippen molar-refractivity contribution >= 4 is 0 Å². The molecule has 1 aliphatic heterocycles. The summed E-state index contributed by atoms with van der Waals surface area (Å²) in [6.07, 6.45) is 11.5. The SMILES string of the molecule is C=CCC(CCC)(OCCCCCCCCCC)C1O[C@H](CO)[C@@H](OC(CC)CCC)[C@H](O)[C@H]1O. The summed E-state index contributed by atoms with van der Waals surface area (Å²) in [7, 11) is 0. The number of aliphatic hydroxyl groups excluding tert-OH is 3. The lowest BCUT2D eigenvalue weighted by Gasteiger charge is -2.50. The quantitative estimate of drug-likeness (QED) is 0.138. The van der Waals surface area contributed by atoms with Crippen molar-refractivity contribution in [3.8, 4) is 0 Å². The fraction of sp³-hybridized carbons (Fsp3) is 0.931. The largest absolute Gasteiger partial charge is 0.394 e. The van der Waals surface area contributed by atoms with Crippen LogP contribution < -0.4 is 0 Å². The van der Waals surface area contributed by atoms with Gasteiger partial charge in [-0.1, -0.05) is 91.6 Å². The predicted molar refractivity (Wildman–Crippen MR) is 143 cm³/mol. The Kier molecular flexibility index (Phi) is 17.4. The van der Waals surface area contributed by atoms with Gasteiger partial charge in [0.2, 0.25) is 0 Å². The van der Waals surface area contributed by atoms with Crippen LogP contribution in [-0.4, -0.2) is 70.8 Å². The van der Waals surface area contributed by atoms with Gasteiger partial charge in [0.25, 0.3) is 0 Å². The molecular weight excluding hydrogens is 444 g/mol. The predicted octanol–water partition coefficient (Wildman–Crippen LogP) is 5.70. The van der Waals surface area contributed by atoms with Gasteiger partial charge in [0.05, 0.1) is 12.7 Å². The van der Waals surface area contributed by atoms with Gasteiger partial charge < -0.3 is 29.5 Å². The third-order valence-corrected chi connectivity index (χ3v) is 7.35. The number of rotatable bonds is 21. The molecule has 6 nitrogen and oxygen atoms in total. The lowest BCUT2D eigenvalue weighted by atomic mass is 9.79. The second-order valence-electron chi connectivity index (χ2n) is 10.3. The zero-order valence-electron chi connectivity index (χ0n) is 23.1. The van der Waals surface area contributed by atoms with Crippen molar-refractivity contribution in [2.45, 2.75) is 160 Å². The van der Waals surface area contributed by atoms with Crippen LogP contribution in [0.4, 0.5) is 0 Å². The molecule has 6 heteroatoms. The summed E-state index contributed by atoms with van der Waals surface area (Å²) < 4.78 is 18.9. The molecule has 0 aromatic heterocycles. The van der Waals surface area contributed by atoms with Crippen LogP contribution in [0.5, 0.6) is 0 Å². The molecule has 1 rings (SSSR count). The fourth-order valence-electron chi connectivity index (χ4n) is 5.36. The molecule has 0 saturated carbocycles. The zero-order chi connectivity index (χ0) is 26.1. The molecule has 3 N–H and O–H groups in total. The summed E-state index contributed by atoms with van der Waals surface area (Å²) in [6, 6.07) is 0. The summed E-state index contributed by atoms with van der Waals surface area (Å²) >= 11 is 0. The van der Waals surface area contributed by atoms with Gasteiger partial charge in [-0.2, -0.15) is 0 Å². The smallest absolute Gasteiger partial charge is 0.116 e. The van der Waals surface area contributed by atoms with Gasteiger partial charge in [-0.25, -0.2) is 0 Å². The Morgan fingerprint density at radius 2 is 1.57 bits per heavy atom. The molecule has 1 saturated heterocycles. The summed E-state index contributed by atoms with van der Waals surface area (Å²) in [5.74, 6) is 0. The monoisotopic (exact) mass is 500 g/mol. The maximum absolute atomic E-state index is 11.2. The lowest BCUT2D eigenvalue weighted by Crippen LogP contribution is -2.66. The van der Waals surface area contributed by atoms with E-state index in [2.05, 4.69) is 27.4 Å². The molecule has 0 aromatic carbocycles. The second-order valence-corrected chi connectivity index (χ2v) is 10.3. The van der Waals surface area contributed by atoms with Crippen molar-refractivity contribution in [1.82, 2.24) is 0 Å². The molecular formula is C29H56O6.